The van der Waals surface area contributed by atoms with E-state index >= 15 is 0 Å². The van der Waals surface area contributed by atoms with Crippen LogP contribution in [0.4, 0.5) is 13.6 Å². The van der Waals surface area contributed by atoms with Gasteiger partial charge in [-0.15, -0.1) is 0 Å². The molecule has 2 N–H and O–H groups in total. The third kappa shape index (κ3) is 5.91. The lowest BCUT2D eigenvalue weighted by Gasteiger charge is -2.45. The summed E-state index contributed by atoms with van der Waals surface area (Å²) in [5.74, 6) is -0.724. The van der Waals surface area contributed by atoms with Crippen molar-refractivity contribution in [3.63, 3.8) is 0 Å². The van der Waals surface area contributed by atoms with E-state index in [4.69, 9.17) is 14.2 Å². The molecule has 0 saturated heterocycles. The molecule has 218 valence electrons. The van der Waals surface area contributed by atoms with E-state index in [2.05, 4.69) is 5.32 Å². The zero-order valence-corrected chi connectivity index (χ0v) is 23.1. The number of aromatic carboxylic acids is 1. The van der Waals surface area contributed by atoms with Crippen LogP contribution in [-0.2, 0) is 22.6 Å². The number of aromatic nitrogens is 1. The number of halogens is 2. The molecule has 4 rings (SSSR count). The highest BCUT2D eigenvalue weighted by molar-refractivity contribution is 5.88. The lowest BCUT2D eigenvalue weighted by atomic mass is 9.94. The van der Waals surface area contributed by atoms with E-state index < -0.39 is 29.5 Å². The van der Waals surface area contributed by atoms with Gasteiger partial charge in [0.25, 0.3) is 6.43 Å². The molecule has 12 heteroatoms. The van der Waals surface area contributed by atoms with Crippen molar-refractivity contribution < 1.29 is 37.7 Å². The maximum absolute atomic E-state index is 13.0. The molecule has 2 aliphatic rings. The van der Waals surface area contributed by atoms with Gasteiger partial charge < -0.3 is 29.6 Å². The largest absolute Gasteiger partial charge is 0.493 e. The number of ether oxygens (including phenoxy) is 3. The minimum atomic E-state index is -2.63. The number of alkyl halides is 2. The quantitative estimate of drug-likeness (QED) is 0.367. The van der Waals surface area contributed by atoms with Crippen LogP contribution in [0.2, 0.25) is 0 Å². The van der Waals surface area contributed by atoms with Gasteiger partial charge in [-0.25, -0.2) is 18.4 Å². The number of pyridine rings is 1. The average Bonchev–Trinajstić information content (AvgIpc) is 3.68. The van der Waals surface area contributed by atoms with Gasteiger partial charge in [-0.05, 0) is 50.8 Å². The van der Waals surface area contributed by atoms with E-state index in [0.717, 1.165) is 23.1 Å². The summed E-state index contributed by atoms with van der Waals surface area (Å²) in [7, 11) is 1.55. The molecule has 2 aromatic rings. The van der Waals surface area contributed by atoms with Crippen LogP contribution in [0.15, 0.2) is 29.2 Å². The van der Waals surface area contributed by atoms with Crippen molar-refractivity contribution in [1.29, 1.82) is 0 Å². The number of rotatable bonds is 12. The van der Waals surface area contributed by atoms with Gasteiger partial charge in [0, 0.05) is 36.9 Å². The Labute approximate surface area is 230 Å². The Morgan fingerprint density at radius 1 is 1.20 bits per heavy atom. The van der Waals surface area contributed by atoms with Crippen molar-refractivity contribution in [2.45, 2.75) is 77.1 Å². The van der Waals surface area contributed by atoms with Gasteiger partial charge in [-0.3, -0.25) is 9.47 Å². The number of hydrogen-bond donors (Lipinski definition) is 2. The predicted octanol–water partition coefficient (Wildman–Crippen LogP) is 4.29. The van der Waals surface area contributed by atoms with E-state index in [1.54, 1.807) is 11.8 Å². The Bertz CT molecular complexity index is 1340. The van der Waals surface area contributed by atoms with Crippen LogP contribution in [-0.4, -0.2) is 59.7 Å². The van der Waals surface area contributed by atoms with Crippen molar-refractivity contribution in [1.82, 2.24) is 9.99 Å². The first-order chi connectivity index (χ1) is 18.9. The Balaban J connectivity index is 1.54. The summed E-state index contributed by atoms with van der Waals surface area (Å²) in [4.78, 5) is 36.3. The number of fused-ring (bicyclic) bond motifs is 3. The number of nitrogens with one attached hydrogen (secondary N) is 1. The van der Waals surface area contributed by atoms with Crippen molar-refractivity contribution in [3.8, 4) is 17.0 Å². The van der Waals surface area contributed by atoms with Crippen LogP contribution in [0.3, 0.4) is 0 Å². The molecule has 40 heavy (non-hydrogen) atoms. The lowest BCUT2D eigenvalue weighted by molar-refractivity contribution is 0.0694. The smallest absolute Gasteiger partial charge is 0.407 e. The minimum absolute atomic E-state index is 0.00360. The number of methoxy groups -OCH3 is 1. The molecule has 1 aromatic heterocycles. The minimum Gasteiger partial charge on any atom is -0.493 e. The summed E-state index contributed by atoms with van der Waals surface area (Å²) in [5, 5.41) is 13.8. The number of hydrogen-bond acceptors (Lipinski definition) is 7. The maximum atomic E-state index is 13.0. The van der Waals surface area contributed by atoms with Gasteiger partial charge >= 0.3 is 12.1 Å². The molecule has 0 bridgehead atoms. The van der Waals surface area contributed by atoms with E-state index in [1.807, 2.05) is 37.9 Å². The fraction of sp³-hybridized carbons (Fsp3) is 0.536. The number of carbonyl (C=O) groups is 2. The molecule has 1 amide bonds. The van der Waals surface area contributed by atoms with E-state index in [1.165, 1.54) is 12.3 Å². The number of nitrogens with zero attached hydrogens (tertiary/aromatic N) is 2. The Morgan fingerprint density at radius 3 is 2.52 bits per heavy atom. The number of carboxylic acids is 1. The van der Waals surface area contributed by atoms with Crippen LogP contribution < -0.4 is 20.5 Å². The van der Waals surface area contributed by atoms with E-state index in [-0.39, 0.29) is 43.8 Å². The topological polar surface area (TPSA) is 119 Å². The SMILES string of the molecule is CCC(C)(C)N1Cc2cc(OCCCOC(=O)NC3(C(F)F)CC3)c(COC)cc2-c2cc(=O)c(C(=O)O)cn21. The van der Waals surface area contributed by atoms with Crippen molar-refractivity contribution >= 4 is 12.1 Å². The third-order valence-corrected chi connectivity index (χ3v) is 7.60. The highest BCUT2D eigenvalue weighted by Crippen LogP contribution is 2.41. The van der Waals surface area contributed by atoms with Crippen LogP contribution >= 0.6 is 0 Å². The van der Waals surface area contributed by atoms with Gasteiger partial charge in [0.1, 0.15) is 16.9 Å². The Morgan fingerprint density at radius 2 is 1.93 bits per heavy atom. The molecular formula is C28H35F2N3O7. The second kappa shape index (κ2) is 11.4. The highest BCUT2D eigenvalue weighted by atomic mass is 19.3. The molecule has 1 aliphatic heterocycles. The number of carboxylic acid groups (broad SMARTS) is 1. The number of alkyl carbamates (subject to hydrolysis) is 1. The summed E-state index contributed by atoms with van der Waals surface area (Å²) < 4.78 is 44.2. The second-order valence-electron chi connectivity index (χ2n) is 10.8. The number of amides is 1. The summed E-state index contributed by atoms with van der Waals surface area (Å²) in [6.07, 6.45) is -0.562. The predicted molar refractivity (Wildman–Crippen MR) is 143 cm³/mol. The van der Waals surface area contributed by atoms with Gasteiger partial charge in [0.15, 0.2) is 5.43 Å². The molecule has 0 unspecified atom stereocenters. The summed E-state index contributed by atoms with van der Waals surface area (Å²) in [6, 6.07) is 5.10. The molecule has 2 heterocycles. The van der Waals surface area contributed by atoms with Crippen LogP contribution in [0.5, 0.6) is 5.75 Å². The number of carbonyl (C=O) groups excluding carboxylic acids is 1. The lowest BCUT2D eigenvalue weighted by Crippen LogP contribution is -2.52. The first kappa shape index (κ1) is 29.3. The molecular weight excluding hydrogens is 528 g/mol. The molecule has 0 radical (unpaired) electrons. The average molecular weight is 564 g/mol. The fourth-order valence-electron chi connectivity index (χ4n) is 4.63. The zero-order valence-electron chi connectivity index (χ0n) is 23.1. The molecule has 0 spiro atoms. The van der Waals surface area contributed by atoms with Gasteiger partial charge in [-0.1, -0.05) is 6.92 Å². The van der Waals surface area contributed by atoms with Gasteiger partial charge in [0.2, 0.25) is 0 Å². The number of benzene rings is 1. The van der Waals surface area contributed by atoms with E-state index in [0.29, 0.717) is 24.4 Å². The van der Waals surface area contributed by atoms with Crippen LogP contribution in [0.25, 0.3) is 11.3 Å². The first-order valence-corrected chi connectivity index (χ1v) is 13.2. The van der Waals surface area contributed by atoms with Crippen molar-refractivity contribution in [3.05, 3.63) is 51.3 Å². The molecule has 1 aromatic carbocycles. The standard InChI is InChI=1S/C28H35F2N3O7/c1-5-27(2,3)33-14-17-12-23(39-9-6-10-40-26(37)31-28(7-8-28)25(29)30)18(16-38-4)11-19(17)21-13-22(34)20(24(35)36)15-32(21)33/h11-13,15,25H,5-10,14,16H2,1-4H3,(H,31,37)(H,35,36). The van der Waals surface area contributed by atoms with Gasteiger partial charge in [0.05, 0.1) is 37.6 Å². The first-order valence-electron chi connectivity index (χ1n) is 13.2. The Hall–Kier alpha value is -3.67. The second-order valence-corrected chi connectivity index (χ2v) is 10.8. The van der Waals surface area contributed by atoms with Crippen molar-refractivity contribution in [2.24, 2.45) is 0 Å². The molecule has 1 saturated carbocycles. The monoisotopic (exact) mass is 563 g/mol. The molecule has 10 nitrogen and oxygen atoms in total. The Kier molecular flexibility index (Phi) is 8.38. The fourth-order valence-corrected chi connectivity index (χ4v) is 4.63. The normalized spacial score (nSPS) is 15.3. The van der Waals surface area contributed by atoms with E-state index in [9.17, 15) is 28.3 Å². The zero-order chi connectivity index (χ0) is 29.2. The van der Waals surface area contributed by atoms with Crippen LogP contribution in [0, 0.1) is 0 Å². The molecule has 1 aliphatic carbocycles. The maximum Gasteiger partial charge on any atom is 0.407 e. The summed E-state index contributed by atoms with van der Waals surface area (Å²) in [6.45, 7) is 6.97. The highest BCUT2D eigenvalue weighted by Gasteiger charge is 2.52. The third-order valence-electron chi connectivity index (χ3n) is 7.60. The summed E-state index contributed by atoms with van der Waals surface area (Å²) in [5.41, 5.74) is 0.227. The van der Waals surface area contributed by atoms with Crippen LogP contribution in [0.1, 0.15) is 67.9 Å². The summed E-state index contributed by atoms with van der Waals surface area (Å²) >= 11 is 0. The van der Waals surface area contributed by atoms with Gasteiger partial charge in [-0.2, -0.15) is 0 Å². The van der Waals surface area contributed by atoms with Crippen molar-refractivity contribution in [2.75, 3.05) is 25.3 Å². The molecule has 1 fully saturated rings. The molecule has 0 atom stereocenters.